The zero-order chi connectivity index (χ0) is 20.4. The lowest BCUT2D eigenvalue weighted by Gasteiger charge is -2.07. The van der Waals surface area contributed by atoms with E-state index in [1.165, 1.54) is 0 Å². The molecule has 0 saturated carbocycles. The molecule has 4 aromatic rings. The number of carbonyl (C=O) groups excluding carboxylic acids is 1. The van der Waals surface area contributed by atoms with Crippen molar-refractivity contribution in [3.8, 4) is 17.1 Å². The van der Waals surface area contributed by atoms with E-state index in [4.69, 9.17) is 0 Å². The minimum atomic E-state index is -0.338. The number of aromatic nitrogens is 3. The van der Waals surface area contributed by atoms with E-state index >= 15 is 0 Å². The summed E-state index contributed by atoms with van der Waals surface area (Å²) in [7, 11) is 0. The molecule has 144 valence electrons. The van der Waals surface area contributed by atoms with Gasteiger partial charge in [0.1, 0.15) is 0 Å². The van der Waals surface area contributed by atoms with Gasteiger partial charge >= 0.3 is 0 Å². The van der Waals surface area contributed by atoms with Crippen molar-refractivity contribution >= 4 is 11.6 Å². The summed E-state index contributed by atoms with van der Waals surface area (Å²) >= 11 is 0. The Hall–Kier alpha value is -3.73. The van der Waals surface area contributed by atoms with Gasteiger partial charge in [0.05, 0.1) is 5.69 Å². The van der Waals surface area contributed by atoms with E-state index in [-0.39, 0.29) is 11.7 Å². The van der Waals surface area contributed by atoms with Crippen LogP contribution in [0.25, 0.3) is 17.1 Å². The molecule has 0 aliphatic rings. The van der Waals surface area contributed by atoms with Gasteiger partial charge < -0.3 is 5.32 Å². The van der Waals surface area contributed by atoms with Crippen molar-refractivity contribution in [2.24, 2.45) is 0 Å². The summed E-state index contributed by atoms with van der Waals surface area (Å²) in [5.41, 5.74) is 5.83. The molecule has 1 heterocycles. The monoisotopic (exact) mass is 382 g/mol. The topological polar surface area (TPSA) is 59.8 Å². The number of nitrogens with one attached hydrogen (secondary N) is 1. The Morgan fingerprint density at radius 3 is 2.21 bits per heavy atom. The average molecular weight is 382 g/mol. The quantitative estimate of drug-likeness (QED) is 0.533. The van der Waals surface area contributed by atoms with Gasteiger partial charge in [0.2, 0.25) is 5.82 Å². The SMILES string of the molecule is Cc1ccc(-n2nc(C(=O)Nc3cccc(C)c3)nc2-c2cccc(C)c2)cc1. The number of aryl methyl sites for hydroxylation is 3. The Balaban J connectivity index is 1.76. The van der Waals surface area contributed by atoms with Crippen LogP contribution in [0.15, 0.2) is 72.8 Å². The van der Waals surface area contributed by atoms with Crippen molar-refractivity contribution in [1.82, 2.24) is 14.8 Å². The van der Waals surface area contributed by atoms with Crippen molar-refractivity contribution in [2.45, 2.75) is 20.8 Å². The minimum absolute atomic E-state index is 0.128. The van der Waals surface area contributed by atoms with Gasteiger partial charge in [-0.2, -0.15) is 0 Å². The van der Waals surface area contributed by atoms with Crippen molar-refractivity contribution in [1.29, 1.82) is 0 Å². The standard InChI is InChI=1S/C24H22N4O/c1-16-10-12-21(13-11-16)28-23(19-8-4-6-17(2)14-19)26-22(27-28)24(29)25-20-9-5-7-18(3)15-20/h4-15H,1-3H3,(H,25,29). The van der Waals surface area contributed by atoms with Crippen LogP contribution in [0, 0.1) is 20.8 Å². The summed E-state index contributed by atoms with van der Waals surface area (Å²) in [5.74, 6) is 0.422. The number of rotatable bonds is 4. The molecule has 5 nitrogen and oxygen atoms in total. The molecule has 0 radical (unpaired) electrons. The number of carbonyl (C=O) groups is 1. The van der Waals surface area contributed by atoms with Gasteiger partial charge in [0.15, 0.2) is 5.82 Å². The molecule has 1 aromatic heterocycles. The minimum Gasteiger partial charge on any atom is -0.319 e. The normalized spacial score (nSPS) is 10.7. The number of amides is 1. The first kappa shape index (κ1) is 18.6. The third kappa shape index (κ3) is 4.09. The summed E-state index contributed by atoms with van der Waals surface area (Å²) in [6.07, 6.45) is 0. The van der Waals surface area contributed by atoms with Crippen LogP contribution in [0.1, 0.15) is 27.3 Å². The van der Waals surface area contributed by atoms with Gasteiger partial charge in [-0.15, -0.1) is 5.10 Å². The second kappa shape index (κ2) is 7.72. The van der Waals surface area contributed by atoms with Crippen LogP contribution in [-0.4, -0.2) is 20.7 Å². The van der Waals surface area contributed by atoms with Crippen LogP contribution >= 0.6 is 0 Å². The lowest BCUT2D eigenvalue weighted by Crippen LogP contribution is -2.14. The Labute approximate surface area is 170 Å². The van der Waals surface area contributed by atoms with Gasteiger partial charge in [-0.3, -0.25) is 4.79 Å². The summed E-state index contributed by atoms with van der Waals surface area (Å²) in [6, 6.07) is 23.7. The molecule has 0 bridgehead atoms. The highest BCUT2D eigenvalue weighted by atomic mass is 16.2. The van der Waals surface area contributed by atoms with E-state index in [1.807, 2.05) is 93.6 Å². The fourth-order valence-corrected chi connectivity index (χ4v) is 3.16. The number of hydrogen-bond acceptors (Lipinski definition) is 3. The molecule has 0 atom stereocenters. The molecule has 5 heteroatoms. The highest BCUT2D eigenvalue weighted by Gasteiger charge is 2.19. The van der Waals surface area contributed by atoms with Crippen molar-refractivity contribution in [3.63, 3.8) is 0 Å². The van der Waals surface area contributed by atoms with Crippen LogP contribution in [0.5, 0.6) is 0 Å². The summed E-state index contributed by atoms with van der Waals surface area (Å²) in [4.78, 5) is 17.4. The van der Waals surface area contributed by atoms with E-state index in [0.717, 1.165) is 33.6 Å². The Morgan fingerprint density at radius 2 is 1.52 bits per heavy atom. The molecule has 0 spiro atoms. The van der Waals surface area contributed by atoms with Gasteiger partial charge in [-0.25, -0.2) is 9.67 Å². The smallest absolute Gasteiger partial charge is 0.295 e. The molecule has 0 unspecified atom stereocenters. The molecule has 0 fully saturated rings. The largest absolute Gasteiger partial charge is 0.319 e. The zero-order valence-electron chi connectivity index (χ0n) is 16.7. The molecular weight excluding hydrogens is 360 g/mol. The lowest BCUT2D eigenvalue weighted by atomic mass is 10.1. The Kier molecular flexibility index (Phi) is 4.96. The van der Waals surface area contributed by atoms with Crippen LogP contribution in [-0.2, 0) is 0 Å². The number of nitrogens with zero attached hydrogens (tertiary/aromatic N) is 3. The third-order valence-corrected chi connectivity index (χ3v) is 4.64. The highest BCUT2D eigenvalue weighted by Crippen LogP contribution is 2.23. The maximum atomic E-state index is 12.8. The predicted octanol–water partition coefficient (Wildman–Crippen LogP) is 5.11. The summed E-state index contributed by atoms with van der Waals surface area (Å²) < 4.78 is 1.72. The number of benzene rings is 3. The molecule has 0 aliphatic heterocycles. The van der Waals surface area contributed by atoms with E-state index in [0.29, 0.717) is 5.82 Å². The maximum absolute atomic E-state index is 12.8. The van der Waals surface area contributed by atoms with E-state index in [1.54, 1.807) is 4.68 Å². The predicted molar refractivity (Wildman–Crippen MR) is 115 cm³/mol. The van der Waals surface area contributed by atoms with Crippen LogP contribution < -0.4 is 5.32 Å². The number of hydrogen-bond donors (Lipinski definition) is 1. The second-order valence-corrected chi connectivity index (χ2v) is 7.20. The van der Waals surface area contributed by atoms with E-state index in [2.05, 4.69) is 15.4 Å². The first-order valence-electron chi connectivity index (χ1n) is 9.49. The first-order chi connectivity index (χ1) is 14.0. The molecule has 1 N–H and O–H groups in total. The van der Waals surface area contributed by atoms with Crippen molar-refractivity contribution in [3.05, 3.63) is 95.3 Å². The zero-order valence-corrected chi connectivity index (χ0v) is 16.7. The van der Waals surface area contributed by atoms with Crippen LogP contribution in [0.4, 0.5) is 5.69 Å². The maximum Gasteiger partial charge on any atom is 0.295 e. The molecule has 4 rings (SSSR count). The third-order valence-electron chi connectivity index (χ3n) is 4.64. The van der Waals surface area contributed by atoms with Crippen molar-refractivity contribution < 1.29 is 4.79 Å². The summed E-state index contributed by atoms with van der Waals surface area (Å²) in [6.45, 7) is 6.05. The van der Waals surface area contributed by atoms with Gasteiger partial charge in [0.25, 0.3) is 5.91 Å². The van der Waals surface area contributed by atoms with Gasteiger partial charge in [-0.05, 0) is 56.7 Å². The second-order valence-electron chi connectivity index (χ2n) is 7.20. The Morgan fingerprint density at radius 1 is 0.828 bits per heavy atom. The van der Waals surface area contributed by atoms with Crippen LogP contribution in [0.3, 0.4) is 0 Å². The van der Waals surface area contributed by atoms with E-state index < -0.39 is 0 Å². The van der Waals surface area contributed by atoms with Crippen molar-refractivity contribution in [2.75, 3.05) is 5.32 Å². The molecule has 1 amide bonds. The van der Waals surface area contributed by atoms with Crippen LogP contribution in [0.2, 0.25) is 0 Å². The van der Waals surface area contributed by atoms with E-state index in [9.17, 15) is 4.79 Å². The van der Waals surface area contributed by atoms with Gasteiger partial charge in [0, 0.05) is 11.3 Å². The summed E-state index contributed by atoms with van der Waals surface area (Å²) in [5, 5.41) is 7.41. The molecule has 3 aromatic carbocycles. The molecule has 0 saturated heterocycles. The average Bonchev–Trinajstić information content (AvgIpc) is 3.14. The van der Waals surface area contributed by atoms with Gasteiger partial charge in [-0.1, -0.05) is 53.6 Å². The molecule has 29 heavy (non-hydrogen) atoms. The molecule has 0 aliphatic carbocycles. The fourth-order valence-electron chi connectivity index (χ4n) is 3.16. The molecular formula is C24H22N4O. The first-order valence-corrected chi connectivity index (χ1v) is 9.49. The fraction of sp³-hybridized carbons (Fsp3) is 0.125. The lowest BCUT2D eigenvalue weighted by molar-refractivity contribution is 0.101. The number of anilines is 1. The Bertz CT molecular complexity index is 1180. The highest BCUT2D eigenvalue weighted by molar-refractivity contribution is 6.01.